The fraction of sp³-hybridized carbons (Fsp3) is 0.571. The largest absolute Gasteiger partial charge is 0.359 e. The standard InChI is InChI=1S/C7H12N4OS/c1-5-10-7(13-11-5)9-4-3-8-6(2)12/h3-4H2,1-2H3,(H,8,12)(H,9,10,11). The van der Waals surface area contributed by atoms with Gasteiger partial charge in [0, 0.05) is 31.5 Å². The smallest absolute Gasteiger partial charge is 0.216 e. The van der Waals surface area contributed by atoms with Crippen molar-refractivity contribution in [1.29, 1.82) is 0 Å². The predicted octanol–water partition coefficient (Wildman–Crippen LogP) is 0.395. The molecular formula is C7H12N4OS. The van der Waals surface area contributed by atoms with Crippen LogP contribution >= 0.6 is 11.5 Å². The van der Waals surface area contributed by atoms with Crippen molar-refractivity contribution in [1.82, 2.24) is 14.7 Å². The van der Waals surface area contributed by atoms with E-state index in [1.54, 1.807) is 0 Å². The van der Waals surface area contributed by atoms with Gasteiger partial charge in [0.1, 0.15) is 5.82 Å². The van der Waals surface area contributed by atoms with Crippen LogP contribution < -0.4 is 10.6 Å². The van der Waals surface area contributed by atoms with Crippen LogP contribution in [0.15, 0.2) is 0 Å². The SMILES string of the molecule is CC(=O)NCCNc1nc(C)ns1. The molecule has 1 aromatic heterocycles. The Kier molecular flexibility index (Phi) is 3.63. The highest BCUT2D eigenvalue weighted by Gasteiger charge is 1.97. The Bertz CT molecular complexity index is 286. The van der Waals surface area contributed by atoms with Gasteiger partial charge in [0.25, 0.3) is 0 Å². The van der Waals surface area contributed by atoms with Crippen molar-refractivity contribution in [2.45, 2.75) is 13.8 Å². The summed E-state index contributed by atoms with van der Waals surface area (Å²) in [5.74, 6) is 0.752. The minimum Gasteiger partial charge on any atom is -0.359 e. The van der Waals surface area contributed by atoms with E-state index >= 15 is 0 Å². The minimum atomic E-state index is -0.0183. The van der Waals surface area contributed by atoms with Crippen molar-refractivity contribution >= 4 is 22.6 Å². The van der Waals surface area contributed by atoms with Gasteiger partial charge in [-0.3, -0.25) is 4.79 Å². The summed E-state index contributed by atoms with van der Waals surface area (Å²) in [6, 6.07) is 0. The van der Waals surface area contributed by atoms with Crippen LogP contribution in [-0.4, -0.2) is 28.4 Å². The molecule has 13 heavy (non-hydrogen) atoms. The second-order valence-corrected chi connectivity index (χ2v) is 3.31. The predicted molar refractivity (Wildman–Crippen MR) is 51.8 cm³/mol. The number of hydrogen-bond donors (Lipinski definition) is 2. The summed E-state index contributed by atoms with van der Waals surface area (Å²) in [5, 5.41) is 6.52. The van der Waals surface area contributed by atoms with Crippen molar-refractivity contribution in [3.05, 3.63) is 5.82 Å². The molecule has 0 atom stereocenters. The minimum absolute atomic E-state index is 0.0183. The molecule has 0 radical (unpaired) electrons. The highest BCUT2D eigenvalue weighted by molar-refractivity contribution is 7.09. The molecule has 1 rings (SSSR count). The zero-order valence-corrected chi connectivity index (χ0v) is 8.44. The maximum absolute atomic E-state index is 10.5. The number of aromatic nitrogens is 2. The summed E-state index contributed by atoms with van der Waals surface area (Å²) in [5.41, 5.74) is 0. The van der Waals surface area contributed by atoms with Gasteiger partial charge in [0.2, 0.25) is 11.0 Å². The number of hydrogen-bond acceptors (Lipinski definition) is 5. The van der Waals surface area contributed by atoms with Crippen LogP contribution in [0.4, 0.5) is 5.13 Å². The van der Waals surface area contributed by atoms with Crippen LogP contribution in [0.2, 0.25) is 0 Å². The van der Waals surface area contributed by atoms with E-state index in [1.807, 2.05) is 6.92 Å². The molecule has 0 spiro atoms. The number of anilines is 1. The Morgan fingerprint density at radius 2 is 2.31 bits per heavy atom. The Morgan fingerprint density at radius 3 is 2.85 bits per heavy atom. The molecule has 2 N–H and O–H groups in total. The van der Waals surface area contributed by atoms with Gasteiger partial charge in [0.15, 0.2) is 0 Å². The molecule has 1 amide bonds. The van der Waals surface area contributed by atoms with Crippen molar-refractivity contribution in [2.75, 3.05) is 18.4 Å². The maximum atomic E-state index is 10.5. The molecule has 0 bridgehead atoms. The van der Waals surface area contributed by atoms with Gasteiger partial charge in [0.05, 0.1) is 0 Å². The fourth-order valence-electron chi connectivity index (χ4n) is 0.777. The molecule has 5 nitrogen and oxygen atoms in total. The second-order valence-electron chi connectivity index (χ2n) is 2.56. The molecule has 0 fully saturated rings. The lowest BCUT2D eigenvalue weighted by atomic mass is 10.6. The molecule has 0 saturated heterocycles. The van der Waals surface area contributed by atoms with E-state index in [0.717, 1.165) is 11.0 Å². The normalized spacial score (nSPS) is 9.69. The molecular weight excluding hydrogens is 188 g/mol. The molecule has 6 heteroatoms. The van der Waals surface area contributed by atoms with Gasteiger partial charge in [-0.2, -0.15) is 4.37 Å². The van der Waals surface area contributed by atoms with Gasteiger partial charge in [-0.15, -0.1) is 0 Å². The van der Waals surface area contributed by atoms with Crippen LogP contribution in [0.5, 0.6) is 0 Å². The molecule has 0 aliphatic heterocycles. The lowest BCUT2D eigenvalue weighted by Crippen LogP contribution is -2.26. The van der Waals surface area contributed by atoms with Crippen molar-refractivity contribution < 1.29 is 4.79 Å². The Labute approximate surface area is 80.7 Å². The zero-order chi connectivity index (χ0) is 9.68. The molecule has 0 aliphatic carbocycles. The van der Waals surface area contributed by atoms with E-state index in [4.69, 9.17) is 0 Å². The maximum Gasteiger partial charge on any atom is 0.216 e. The van der Waals surface area contributed by atoms with Gasteiger partial charge in [-0.1, -0.05) is 0 Å². The Balaban J connectivity index is 2.16. The molecule has 0 aliphatic rings. The van der Waals surface area contributed by atoms with E-state index < -0.39 is 0 Å². The average Bonchev–Trinajstić information content (AvgIpc) is 2.45. The summed E-state index contributed by atoms with van der Waals surface area (Å²) < 4.78 is 4.01. The second kappa shape index (κ2) is 4.76. The van der Waals surface area contributed by atoms with Gasteiger partial charge >= 0.3 is 0 Å². The lowest BCUT2D eigenvalue weighted by molar-refractivity contribution is -0.118. The summed E-state index contributed by atoms with van der Waals surface area (Å²) in [4.78, 5) is 14.6. The summed E-state index contributed by atoms with van der Waals surface area (Å²) in [6.07, 6.45) is 0. The third kappa shape index (κ3) is 3.84. The van der Waals surface area contributed by atoms with E-state index in [9.17, 15) is 4.79 Å². The number of amides is 1. The van der Waals surface area contributed by atoms with Crippen molar-refractivity contribution in [3.63, 3.8) is 0 Å². The van der Waals surface area contributed by atoms with Crippen LogP contribution in [0, 0.1) is 6.92 Å². The molecule has 1 aromatic rings. The highest BCUT2D eigenvalue weighted by atomic mass is 32.1. The van der Waals surface area contributed by atoms with E-state index in [-0.39, 0.29) is 5.91 Å². The van der Waals surface area contributed by atoms with E-state index in [1.165, 1.54) is 18.5 Å². The fourth-order valence-corrected chi connectivity index (χ4v) is 1.38. The number of nitrogens with zero attached hydrogens (tertiary/aromatic N) is 2. The van der Waals surface area contributed by atoms with Crippen LogP contribution in [0.1, 0.15) is 12.7 Å². The van der Waals surface area contributed by atoms with Gasteiger partial charge in [-0.05, 0) is 6.92 Å². The number of aryl methyl sites for hydroxylation is 1. The Hall–Kier alpha value is -1.17. The first kappa shape index (κ1) is 9.91. The quantitative estimate of drug-likeness (QED) is 0.690. The van der Waals surface area contributed by atoms with Crippen molar-refractivity contribution in [3.8, 4) is 0 Å². The first-order valence-corrected chi connectivity index (χ1v) is 4.74. The van der Waals surface area contributed by atoms with Crippen LogP contribution in [-0.2, 0) is 4.79 Å². The monoisotopic (exact) mass is 200 g/mol. The lowest BCUT2D eigenvalue weighted by Gasteiger charge is -2.01. The average molecular weight is 200 g/mol. The van der Waals surface area contributed by atoms with Crippen LogP contribution in [0.25, 0.3) is 0 Å². The summed E-state index contributed by atoms with van der Waals surface area (Å²) in [6.45, 7) is 4.62. The number of carbonyl (C=O) groups excluding carboxylic acids is 1. The molecule has 0 aromatic carbocycles. The van der Waals surface area contributed by atoms with Crippen molar-refractivity contribution in [2.24, 2.45) is 0 Å². The van der Waals surface area contributed by atoms with Crippen LogP contribution in [0.3, 0.4) is 0 Å². The summed E-state index contributed by atoms with van der Waals surface area (Å²) in [7, 11) is 0. The van der Waals surface area contributed by atoms with Gasteiger partial charge < -0.3 is 10.6 Å². The number of rotatable bonds is 4. The third-order valence-corrected chi connectivity index (χ3v) is 2.07. The molecule has 0 unspecified atom stereocenters. The zero-order valence-electron chi connectivity index (χ0n) is 7.63. The van der Waals surface area contributed by atoms with E-state index in [0.29, 0.717) is 13.1 Å². The molecule has 1 heterocycles. The Morgan fingerprint density at radius 1 is 1.54 bits per heavy atom. The first-order valence-electron chi connectivity index (χ1n) is 3.97. The highest BCUT2D eigenvalue weighted by Crippen LogP contribution is 2.08. The number of nitrogens with one attached hydrogen (secondary N) is 2. The first-order chi connectivity index (χ1) is 6.18. The van der Waals surface area contributed by atoms with Gasteiger partial charge in [-0.25, -0.2) is 4.98 Å². The van der Waals surface area contributed by atoms with E-state index in [2.05, 4.69) is 20.0 Å². The topological polar surface area (TPSA) is 66.9 Å². The number of carbonyl (C=O) groups is 1. The molecule has 0 saturated carbocycles. The molecule has 72 valence electrons. The summed E-state index contributed by atoms with van der Waals surface area (Å²) >= 11 is 1.32. The third-order valence-electron chi connectivity index (χ3n) is 1.30.